The molecule has 78 valence electrons. The summed E-state index contributed by atoms with van der Waals surface area (Å²) in [6.07, 6.45) is 3.15. The zero-order chi connectivity index (χ0) is 10.0. The van der Waals surface area contributed by atoms with Crippen LogP contribution in [0.3, 0.4) is 0 Å². The van der Waals surface area contributed by atoms with Gasteiger partial charge in [-0.25, -0.2) is 0 Å². The lowest BCUT2D eigenvalue weighted by Crippen LogP contribution is -2.41. The van der Waals surface area contributed by atoms with Gasteiger partial charge in [0, 0.05) is 13.0 Å². The van der Waals surface area contributed by atoms with Crippen molar-refractivity contribution in [2.24, 2.45) is 0 Å². The van der Waals surface area contributed by atoms with E-state index in [1.54, 1.807) is 0 Å². The molecule has 1 aromatic rings. The Kier molecular flexibility index (Phi) is 2.54. The lowest BCUT2D eigenvalue weighted by molar-refractivity contribution is 0.245. The van der Waals surface area contributed by atoms with Crippen molar-refractivity contribution in [1.29, 1.82) is 0 Å². The quantitative estimate of drug-likeness (QED) is 0.772. The van der Waals surface area contributed by atoms with Crippen molar-refractivity contribution < 1.29 is 4.52 Å². The minimum absolute atomic E-state index is 0.0403. The molecule has 2 rings (SSSR count). The number of aromatic nitrogens is 2. The van der Waals surface area contributed by atoms with Crippen LogP contribution in [0, 0.1) is 0 Å². The summed E-state index contributed by atoms with van der Waals surface area (Å²) in [5, 5.41) is 7.31. The minimum Gasteiger partial charge on any atom is -0.339 e. The van der Waals surface area contributed by atoms with Gasteiger partial charge in [0.1, 0.15) is 0 Å². The minimum atomic E-state index is 0.0403. The van der Waals surface area contributed by atoms with Gasteiger partial charge < -0.3 is 9.84 Å². The topological polar surface area (TPSA) is 51.0 Å². The summed E-state index contributed by atoms with van der Waals surface area (Å²) in [7, 11) is 0. The molecule has 1 atom stereocenters. The van der Waals surface area contributed by atoms with Crippen molar-refractivity contribution in [3.05, 3.63) is 11.7 Å². The Labute approximate surface area is 84.1 Å². The molecule has 2 heterocycles. The molecule has 1 aliphatic heterocycles. The summed E-state index contributed by atoms with van der Waals surface area (Å²) in [6.45, 7) is 6.27. The third kappa shape index (κ3) is 1.66. The summed E-state index contributed by atoms with van der Waals surface area (Å²) in [5.41, 5.74) is 0.0403. The number of piperidine rings is 1. The second kappa shape index (κ2) is 3.69. The van der Waals surface area contributed by atoms with Gasteiger partial charge in [0.2, 0.25) is 5.89 Å². The monoisotopic (exact) mass is 195 g/mol. The van der Waals surface area contributed by atoms with Gasteiger partial charge in [0.25, 0.3) is 0 Å². The van der Waals surface area contributed by atoms with Crippen molar-refractivity contribution in [3.8, 4) is 0 Å². The maximum Gasteiger partial charge on any atom is 0.233 e. The first-order chi connectivity index (χ1) is 6.74. The molecule has 1 saturated heterocycles. The zero-order valence-electron chi connectivity index (χ0n) is 8.84. The van der Waals surface area contributed by atoms with E-state index < -0.39 is 0 Å². The lowest BCUT2D eigenvalue weighted by atomic mass is 9.83. The molecule has 0 radical (unpaired) electrons. The van der Waals surface area contributed by atoms with Crippen LogP contribution in [-0.2, 0) is 11.8 Å². The number of aryl methyl sites for hydroxylation is 1. The van der Waals surface area contributed by atoms with E-state index in [1.807, 2.05) is 6.92 Å². The normalized spacial score (nSPS) is 27.9. The van der Waals surface area contributed by atoms with Gasteiger partial charge in [-0.2, -0.15) is 4.98 Å². The van der Waals surface area contributed by atoms with E-state index in [0.717, 1.165) is 37.6 Å². The molecule has 0 spiro atoms. The maximum atomic E-state index is 5.30. The van der Waals surface area contributed by atoms with Crippen molar-refractivity contribution >= 4 is 0 Å². The number of nitrogens with one attached hydrogen (secondary N) is 1. The van der Waals surface area contributed by atoms with Gasteiger partial charge in [0.05, 0.1) is 5.41 Å². The second-order valence-electron chi connectivity index (χ2n) is 4.21. The van der Waals surface area contributed by atoms with Crippen molar-refractivity contribution in [3.63, 3.8) is 0 Å². The highest BCUT2D eigenvalue weighted by molar-refractivity contribution is 5.06. The van der Waals surface area contributed by atoms with Crippen LogP contribution in [0.15, 0.2) is 4.52 Å². The predicted molar refractivity (Wildman–Crippen MR) is 53.1 cm³/mol. The Balaban J connectivity index is 2.19. The van der Waals surface area contributed by atoms with Gasteiger partial charge in [-0.15, -0.1) is 0 Å². The number of hydrogen-bond acceptors (Lipinski definition) is 4. The molecule has 0 bridgehead atoms. The molecule has 0 aromatic carbocycles. The molecule has 4 heteroatoms. The van der Waals surface area contributed by atoms with Crippen LogP contribution < -0.4 is 5.32 Å². The van der Waals surface area contributed by atoms with Crippen LogP contribution in [0.4, 0.5) is 0 Å². The standard InChI is InChI=1S/C10H17N3O/c1-3-8-12-9(14-13-8)10(2)5-4-6-11-7-10/h11H,3-7H2,1-2H3. The van der Waals surface area contributed by atoms with Gasteiger partial charge in [0.15, 0.2) is 5.82 Å². The highest BCUT2D eigenvalue weighted by atomic mass is 16.5. The summed E-state index contributed by atoms with van der Waals surface area (Å²) >= 11 is 0. The molecule has 14 heavy (non-hydrogen) atoms. The largest absolute Gasteiger partial charge is 0.339 e. The van der Waals surface area contributed by atoms with Crippen LogP contribution in [0.25, 0.3) is 0 Å². The summed E-state index contributed by atoms with van der Waals surface area (Å²) in [4.78, 5) is 4.41. The third-order valence-corrected chi connectivity index (χ3v) is 2.90. The SMILES string of the molecule is CCc1noc(C2(C)CCCNC2)n1. The number of nitrogens with zero attached hydrogens (tertiary/aromatic N) is 2. The molecule has 1 fully saturated rings. The van der Waals surface area contributed by atoms with E-state index >= 15 is 0 Å². The smallest absolute Gasteiger partial charge is 0.233 e. The summed E-state index contributed by atoms with van der Waals surface area (Å²) in [6, 6.07) is 0. The third-order valence-electron chi connectivity index (χ3n) is 2.90. The lowest BCUT2D eigenvalue weighted by Gasteiger charge is -2.30. The van der Waals surface area contributed by atoms with Gasteiger partial charge in [-0.05, 0) is 26.3 Å². The van der Waals surface area contributed by atoms with E-state index in [4.69, 9.17) is 4.52 Å². The predicted octanol–water partition coefficient (Wildman–Crippen LogP) is 1.27. The van der Waals surface area contributed by atoms with Crippen molar-refractivity contribution in [2.45, 2.75) is 38.5 Å². The summed E-state index contributed by atoms with van der Waals surface area (Å²) in [5.74, 6) is 1.60. The van der Waals surface area contributed by atoms with Crippen LogP contribution in [-0.4, -0.2) is 23.2 Å². The maximum absolute atomic E-state index is 5.30. The van der Waals surface area contributed by atoms with Crippen LogP contribution >= 0.6 is 0 Å². The highest BCUT2D eigenvalue weighted by Crippen LogP contribution is 2.29. The average molecular weight is 195 g/mol. The molecular formula is C10H17N3O. The fraction of sp³-hybridized carbons (Fsp3) is 0.800. The van der Waals surface area contributed by atoms with Crippen LogP contribution in [0.1, 0.15) is 38.4 Å². The molecule has 1 unspecified atom stereocenters. The van der Waals surface area contributed by atoms with E-state index in [9.17, 15) is 0 Å². The summed E-state index contributed by atoms with van der Waals surface area (Å²) < 4.78 is 5.30. The Hall–Kier alpha value is -0.900. The first-order valence-electron chi connectivity index (χ1n) is 5.28. The van der Waals surface area contributed by atoms with E-state index in [0.29, 0.717) is 0 Å². The zero-order valence-corrected chi connectivity index (χ0v) is 8.84. The molecule has 1 aromatic heterocycles. The number of rotatable bonds is 2. The van der Waals surface area contributed by atoms with Crippen molar-refractivity contribution in [2.75, 3.05) is 13.1 Å². The molecule has 0 saturated carbocycles. The molecule has 0 aliphatic carbocycles. The van der Waals surface area contributed by atoms with Crippen molar-refractivity contribution in [1.82, 2.24) is 15.5 Å². The molecule has 0 amide bonds. The average Bonchev–Trinajstić information content (AvgIpc) is 2.67. The molecule has 1 N–H and O–H groups in total. The van der Waals surface area contributed by atoms with Crippen LogP contribution in [0.2, 0.25) is 0 Å². The fourth-order valence-electron chi connectivity index (χ4n) is 1.88. The molecule has 4 nitrogen and oxygen atoms in total. The van der Waals surface area contributed by atoms with Gasteiger partial charge >= 0.3 is 0 Å². The van der Waals surface area contributed by atoms with Crippen LogP contribution in [0.5, 0.6) is 0 Å². The van der Waals surface area contributed by atoms with E-state index in [2.05, 4.69) is 22.4 Å². The van der Waals surface area contributed by atoms with Gasteiger partial charge in [-0.1, -0.05) is 12.1 Å². The highest BCUT2D eigenvalue weighted by Gasteiger charge is 2.34. The van der Waals surface area contributed by atoms with E-state index in [-0.39, 0.29) is 5.41 Å². The van der Waals surface area contributed by atoms with Gasteiger partial charge in [-0.3, -0.25) is 0 Å². The second-order valence-corrected chi connectivity index (χ2v) is 4.21. The fourth-order valence-corrected chi connectivity index (χ4v) is 1.88. The first kappa shape index (κ1) is 9.65. The van der Waals surface area contributed by atoms with E-state index in [1.165, 1.54) is 6.42 Å². The molecular weight excluding hydrogens is 178 g/mol. The first-order valence-corrected chi connectivity index (χ1v) is 5.28. The Bertz CT molecular complexity index is 302. The number of hydrogen-bond donors (Lipinski definition) is 1. The Morgan fingerprint density at radius 1 is 1.57 bits per heavy atom. The Morgan fingerprint density at radius 3 is 3.00 bits per heavy atom. The Morgan fingerprint density at radius 2 is 2.43 bits per heavy atom. The molecule has 1 aliphatic rings.